The molecule has 7 heteroatoms. The Kier molecular flexibility index (Phi) is 6.46. The van der Waals surface area contributed by atoms with Gasteiger partial charge in [-0.3, -0.25) is 14.5 Å². The zero-order chi connectivity index (χ0) is 21.1. The first-order valence-corrected chi connectivity index (χ1v) is 11.2. The maximum absolute atomic E-state index is 12.6. The Morgan fingerprint density at radius 3 is 2.70 bits per heavy atom. The molecule has 30 heavy (non-hydrogen) atoms. The molecule has 0 aliphatic carbocycles. The van der Waals surface area contributed by atoms with Crippen LogP contribution in [0.4, 0.5) is 0 Å². The van der Waals surface area contributed by atoms with Crippen LogP contribution in [0.5, 0.6) is 11.5 Å². The van der Waals surface area contributed by atoms with Gasteiger partial charge in [0.1, 0.15) is 0 Å². The van der Waals surface area contributed by atoms with Gasteiger partial charge in [0.05, 0.1) is 7.11 Å². The van der Waals surface area contributed by atoms with Gasteiger partial charge in [0.25, 0.3) is 0 Å². The Morgan fingerprint density at radius 2 is 1.97 bits per heavy atom. The Balaban J connectivity index is 1.31. The monoisotopic (exact) mass is 415 g/mol. The second-order valence-electron chi connectivity index (χ2n) is 8.82. The molecule has 2 amide bonds. The normalized spacial score (nSPS) is 25.0. The van der Waals surface area contributed by atoms with Gasteiger partial charge in [-0.1, -0.05) is 6.07 Å². The second-order valence-corrected chi connectivity index (χ2v) is 8.82. The van der Waals surface area contributed by atoms with Gasteiger partial charge < -0.3 is 19.6 Å². The van der Waals surface area contributed by atoms with Crippen molar-refractivity contribution in [1.29, 1.82) is 0 Å². The van der Waals surface area contributed by atoms with Crippen LogP contribution in [-0.2, 0) is 16.1 Å². The molecule has 0 bridgehead atoms. The average Bonchev–Trinajstić information content (AvgIpc) is 3.14. The highest BCUT2D eigenvalue weighted by Gasteiger charge is 2.39. The minimum Gasteiger partial charge on any atom is -0.504 e. The average molecular weight is 416 g/mol. The fraction of sp³-hybridized carbons (Fsp3) is 0.652. The molecule has 0 saturated carbocycles. The highest BCUT2D eigenvalue weighted by Crippen LogP contribution is 2.33. The van der Waals surface area contributed by atoms with Gasteiger partial charge in [0.15, 0.2) is 11.5 Å². The molecule has 0 radical (unpaired) electrons. The van der Waals surface area contributed by atoms with Gasteiger partial charge in [-0.05, 0) is 49.3 Å². The molecule has 0 unspecified atom stereocenters. The molecule has 7 nitrogen and oxygen atoms in total. The van der Waals surface area contributed by atoms with Crippen LogP contribution in [0.3, 0.4) is 0 Å². The van der Waals surface area contributed by atoms with Crippen molar-refractivity contribution in [3.63, 3.8) is 0 Å². The first-order valence-electron chi connectivity index (χ1n) is 11.2. The van der Waals surface area contributed by atoms with Crippen molar-refractivity contribution in [2.75, 3.05) is 39.8 Å². The number of likely N-dealkylation sites (tertiary alicyclic amines) is 3. The molecular formula is C23H33N3O4. The van der Waals surface area contributed by atoms with Crippen LogP contribution in [0.2, 0.25) is 0 Å². The van der Waals surface area contributed by atoms with Crippen molar-refractivity contribution in [2.45, 2.75) is 51.1 Å². The van der Waals surface area contributed by atoms with E-state index >= 15 is 0 Å². The van der Waals surface area contributed by atoms with E-state index in [2.05, 4.69) is 9.80 Å². The van der Waals surface area contributed by atoms with E-state index in [1.807, 2.05) is 17.0 Å². The van der Waals surface area contributed by atoms with Crippen LogP contribution in [0, 0.1) is 5.92 Å². The van der Waals surface area contributed by atoms with Crippen LogP contribution >= 0.6 is 0 Å². The van der Waals surface area contributed by atoms with Crippen molar-refractivity contribution in [3.05, 3.63) is 23.8 Å². The number of benzene rings is 1. The molecule has 3 aliphatic heterocycles. The summed E-state index contributed by atoms with van der Waals surface area (Å²) in [7, 11) is 1.55. The molecule has 164 valence electrons. The Hall–Kier alpha value is -2.28. The highest BCUT2D eigenvalue weighted by molar-refractivity contribution is 5.78. The van der Waals surface area contributed by atoms with E-state index in [9.17, 15) is 14.7 Å². The fourth-order valence-electron chi connectivity index (χ4n) is 5.33. The predicted molar refractivity (Wildman–Crippen MR) is 113 cm³/mol. The number of carbonyl (C=O) groups excluding carboxylic acids is 2. The van der Waals surface area contributed by atoms with Gasteiger partial charge in [-0.15, -0.1) is 0 Å². The zero-order valence-electron chi connectivity index (χ0n) is 17.9. The number of amides is 2. The Morgan fingerprint density at radius 1 is 1.10 bits per heavy atom. The summed E-state index contributed by atoms with van der Waals surface area (Å²) < 4.78 is 5.13. The molecule has 0 spiro atoms. The topological polar surface area (TPSA) is 73.3 Å². The quantitative estimate of drug-likeness (QED) is 0.739. The van der Waals surface area contributed by atoms with Crippen molar-refractivity contribution in [3.8, 4) is 11.5 Å². The molecule has 3 heterocycles. The molecule has 1 aromatic rings. The molecular weight excluding hydrogens is 382 g/mol. The summed E-state index contributed by atoms with van der Waals surface area (Å²) in [6.07, 6.45) is 5.08. The van der Waals surface area contributed by atoms with Gasteiger partial charge in [-0.2, -0.15) is 0 Å². The van der Waals surface area contributed by atoms with Gasteiger partial charge in [0.2, 0.25) is 11.8 Å². The van der Waals surface area contributed by atoms with Crippen LogP contribution in [0.25, 0.3) is 0 Å². The maximum Gasteiger partial charge on any atom is 0.222 e. The number of fused-ring (bicyclic) bond motifs is 1. The van der Waals surface area contributed by atoms with Crippen LogP contribution in [-0.4, -0.2) is 77.5 Å². The molecule has 1 aromatic carbocycles. The third-order valence-electron chi connectivity index (χ3n) is 6.88. The number of piperidine rings is 2. The number of methoxy groups -OCH3 is 1. The second kappa shape index (κ2) is 9.25. The highest BCUT2D eigenvalue weighted by atomic mass is 16.5. The number of carbonyl (C=O) groups is 2. The number of hydrogen-bond acceptors (Lipinski definition) is 5. The lowest BCUT2D eigenvalue weighted by Gasteiger charge is -2.47. The molecule has 0 aromatic heterocycles. The largest absolute Gasteiger partial charge is 0.504 e. The first-order chi connectivity index (χ1) is 14.5. The maximum atomic E-state index is 12.6. The third-order valence-corrected chi connectivity index (χ3v) is 6.88. The fourth-order valence-corrected chi connectivity index (χ4v) is 5.33. The van der Waals surface area contributed by atoms with Gasteiger partial charge in [0, 0.05) is 58.2 Å². The van der Waals surface area contributed by atoms with Gasteiger partial charge >= 0.3 is 0 Å². The summed E-state index contributed by atoms with van der Waals surface area (Å²) in [5, 5.41) is 10.0. The lowest BCUT2D eigenvalue weighted by Crippen LogP contribution is -2.56. The van der Waals surface area contributed by atoms with Crippen molar-refractivity contribution in [1.82, 2.24) is 14.7 Å². The molecule has 3 aliphatic rings. The molecule has 2 atom stereocenters. The number of nitrogens with zero attached hydrogens (tertiary/aromatic N) is 3. The van der Waals surface area contributed by atoms with Crippen LogP contribution in [0.15, 0.2) is 18.2 Å². The van der Waals surface area contributed by atoms with Crippen LogP contribution < -0.4 is 4.74 Å². The Bertz CT molecular complexity index is 784. The van der Waals surface area contributed by atoms with Crippen molar-refractivity contribution in [2.24, 2.45) is 5.92 Å². The van der Waals surface area contributed by atoms with E-state index in [1.54, 1.807) is 13.2 Å². The molecule has 3 fully saturated rings. The number of ether oxygens (including phenoxy) is 1. The lowest BCUT2D eigenvalue weighted by atomic mass is 9.83. The van der Waals surface area contributed by atoms with E-state index < -0.39 is 0 Å². The van der Waals surface area contributed by atoms with E-state index in [1.165, 1.54) is 0 Å². The van der Waals surface area contributed by atoms with E-state index in [0.29, 0.717) is 30.6 Å². The standard InChI is InChI=1S/C23H33N3O4/c1-30-21-7-5-17(14-20(21)27)15-24-13-9-19-18(16-24)6-8-23(29)26(19)12-3-11-25-10-2-4-22(25)28/h5,7,14,18-19,27H,2-4,6,8-13,15-16H2,1H3/t18-,19+/m1/s1. The number of phenols is 1. The summed E-state index contributed by atoms with van der Waals surface area (Å²) in [5.41, 5.74) is 1.07. The lowest BCUT2D eigenvalue weighted by molar-refractivity contribution is -0.141. The van der Waals surface area contributed by atoms with Crippen LogP contribution in [0.1, 0.15) is 44.1 Å². The summed E-state index contributed by atoms with van der Waals surface area (Å²) in [6.45, 7) is 5.12. The minimum atomic E-state index is 0.177. The van der Waals surface area contributed by atoms with Gasteiger partial charge in [-0.25, -0.2) is 0 Å². The molecule has 3 saturated heterocycles. The third kappa shape index (κ3) is 4.56. The van der Waals surface area contributed by atoms with Crippen molar-refractivity contribution >= 4 is 11.8 Å². The first kappa shape index (κ1) is 21.0. The van der Waals surface area contributed by atoms with E-state index in [0.717, 1.165) is 70.5 Å². The smallest absolute Gasteiger partial charge is 0.222 e. The zero-order valence-corrected chi connectivity index (χ0v) is 17.9. The summed E-state index contributed by atoms with van der Waals surface area (Å²) in [6, 6.07) is 5.91. The number of hydrogen-bond donors (Lipinski definition) is 1. The molecule has 4 rings (SSSR count). The predicted octanol–water partition coefficient (Wildman–Crippen LogP) is 2.23. The SMILES string of the molecule is COc1ccc(CN2CC[C@H]3[C@H](CCC(=O)N3CCCN3CCCC3=O)C2)cc1O. The van der Waals surface area contributed by atoms with E-state index in [-0.39, 0.29) is 17.6 Å². The number of phenolic OH excluding ortho intramolecular Hbond substituents is 1. The number of rotatable bonds is 7. The summed E-state index contributed by atoms with van der Waals surface area (Å²) >= 11 is 0. The summed E-state index contributed by atoms with van der Waals surface area (Å²) in [4.78, 5) is 30.9. The molecule has 1 N–H and O–H groups in total. The minimum absolute atomic E-state index is 0.177. The van der Waals surface area contributed by atoms with E-state index in [4.69, 9.17) is 4.74 Å². The summed E-state index contributed by atoms with van der Waals surface area (Å²) in [5.74, 6) is 1.70. The van der Waals surface area contributed by atoms with Crippen molar-refractivity contribution < 1.29 is 19.4 Å². The number of aromatic hydroxyl groups is 1. The Labute approximate surface area is 178 Å².